The second-order valence-electron chi connectivity index (χ2n) is 23.9. The molecule has 4 saturated heterocycles. The Bertz CT molecular complexity index is 3350. The highest BCUT2D eigenvalue weighted by molar-refractivity contribution is 8.00. The van der Waals surface area contributed by atoms with E-state index in [2.05, 4.69) is 10.6 Å². The fourth-order valence-electron chi connectivity index (χ4n) is 11.2. The first-order chi connectivity index (χ1) is 50.3. The number of rotatable bonds is 30. The molecule has 2 aromatic carbocycles. The van der Waals surface area contributed by atoms with Gasteiger partial charge >= 0.3 is 83.6 Å². The average molecular weight is 1560 g/mol. The third kappa shape index (κ3) is 27.0. The first-order valence-electron chi connectivity index (χ1n) is 32.7. The van der Waals surface area contributed by atoms with Crippen LogP contribution in [0.2, 0.25) is 0 Å². The van der Waals surface area contributed by atoms with E-state index in [1.807, 2.05) is 0 Å². The SMILES string of the molecule is CC(=O)OC[C@H]1O[C@@H](Sc2ccc(NC(=O)CC(=O)Nc3ccc(S[C@@H]4O[C@H](COC(C)=O)[C@@H](O[C@H]5O[C@H](COC(C)=O)[C@@H](OC(C)=O)[C@H](OC(C)=O)[C@H]5OC(C)=O)[C@H](OC(C)=O)[C@H]4OC(C)=O)cc3)cc2)[C@H](OC(C)=O)[C@@H](OC(C)=O)[C@@H]1O[C@H]1O[C@H](COC(C)=O)[C@@H](OC(C)=O)[C@H](OC(C)=O)[C@H]1OC(C)=O. The van der Waals surface area contributed by atoms with Crippen LogP contribution in [0.4, 0.5) is 11.4 Å². The molecular weight excluding hydrogens is 1470 g/mol. The van der Waals surface area contributed by atoms with Gasteiger partial charge in [0.25, 0.3) is 0 Å². The molecule has 4 heterocycles. The first-order valence-corrected chi connectivity index (χ1v) is 34.4. The van der Waals surface area contributed by atoms with Gasteiger partial charge in [-0.05, 0) is 48.5 Å². The summed E-state index contributed by atoms with van der Waals surface area (Å²) in [5.41, 5.74) is -2.34. The van der Waals surface area contributed by atoms with Crippen molar-refractivity contribution in [3.05, 3.63) is 48.5 Å². The average Bonchev–Trinajstić information content (AvgIpc) is 0.771. The summed E-state index contributed by atoms with van der Waals surface area (Å²) in [5, 5.41) is 5.22. The minimum atomic E-state index is -1.91. The van der Waals surface area contributed by atoms with Crippen LogP contribution in [0, 0.1) is 0 Å². The molecule has 0 spiro atoms. The Labute approximate surface area is 619 Å². The van der Waals surface area contributed by atoms with E-state index in [0.717, 1.165) is 120 Å². The third-order valence-electron chi connectivity index (χ3n) is 14.9. The number of nitrogens with one attached hydrogen (secondary N) is 2. The van der Waals surface area contributed by atoms with Gasteiger partial charge < -0.3 is 105 Å². The molecular formula is C67H82N2O36S2. The van der Waals surface area contributed by atoms with Gasteiger partial charge in [0, 0.05) is 118 Å². The highest BCUT2D eigenvalue weighted by Crippen LogP contribution is 2.43. The van der Waals surface area contributed by atoms with Crippen LogP contribution < -0.4 is 10.6 Å². The molecule has 0 aromatic heterocycles. The highest BCUT2D eigenvalue weighted by atomic mass is 32.2. The molecule has 4 aliphatic rings. The molecule has 20 atom stereocenters. The van der Waals surface area contributed by atoms with Gasteiger partial charge in [0.15, 0.2) is 73.6 Å². The van der Waals surface area contributed by atoms with Crippen LogP contribution in [0.3, 0.4) is 0 Å². The zero-order valence-electron chi connectivity index (χ0n) is 60.2. The van der Waals surface area contributed by atoms with E-state index in [4.69, 9.17) is 94.7 Å². The summed E-state index contributed by atoms with van der Waals surface area (Å²) < 4.78 is 115. The van der Waals surface area contributed by atoms with Crippen molar-refractivity contribution in [2.24, 2.45) is 0 Å². The zero-order chi connectivity index (χ0) is 79.3. The Hall–Kier alpha value is -9.58. The normalized spacial score (nSPS) is 27.9. The van der Waals surface area contributed by atoms with E-state index >= 15 is 0 Å². The molecule has 4 fully saturated rings. The van der Waals surface area contributed by atoms with E-state index in [0.29, 0.717) is 9.79 Å². The van der Waals surface area contributed by atoms with Crippen molar-refractivity contribution in [1.82, 2.24) is 0 Å². The summed E-state index contributed by atoms with van der Waals surface area (Å²) in [5.74, 6) is -14.3. The molecule has 38 nitrogen and oxygen atoms in total. The Morgan fingerprint density at radius 2 is 0.505 bits per heavy atom. The number of carbonyl (C=O) groups excluding carboxylic acids is 16. The van der Waals surface area contributed by atoms with Gasteiger partial charge in [-0.3, -0.25) is 76.7 Å². The zero-order valence-corrected chi connectivity index (χ0v) is 61.8. The van der Waals surface area contributed by atoms with E-state index in [-0.39, 0.29) is 11.4 Å². The summed E-state index contributed by atoms with van der Waals surface area (Å²) >= 11 is 1.79. The maximum Gasteiger partial charge on any atom is 0.303 e. The molecule has 107 heavy (non-hydrogen) atoms. The lowest BCUT2D eigenvalue weighted by Gasteiger charge is -2.48. The Morgan fingerprint density at radius 1 is 0.280 bits per heavy atom. The molecule has 588 valence electrons. The van der Waals surface area contributed by atoms with Gasteiger partial charge in [-0.25, -0.2) is 0 Å². The van der Waals surface area contributed by atoms with E-state index < -0.39 is 249 Å². The van der Waals surface area contributed by atoms with E-state index in [9.17, 15) is 76.7 Å². The summed E-state index contributed by atoms with van der Waals surface area (Å²) in [4.78, 5) is 204. The van der Waals surface area contributed by atoms with Crippen molar-refractivity contribution in [2.45, 2.75) is 234 Å². The van der Waals surface area contributed by atoms with Crippen molar-refractivity contribution >= 4 is 130 Å². The molecule has 2 amide bonds. The van der Waals surface area contributed by atoms with Gasteiger partial charge in [-0.15, -0.1) is 0 Å². The third-order valence-corrected chi connectivity index (χ3v) is 17.2. The second-order valence-corrected chi connectivity index (χ2v) is 26.2. The van der Waals surface area contributed by atoms with Crippen molar-refractivity contribution in [2.75, 3.05) is 37.1 Å². The van der Waals surface area contributed by atoms with Crippen molar-refractivity contribution in [1.29, 1.82) is 0 Å². The number of esters is 14. The molecule has 0 radical (unpaired) electrons. The summed E-state index contributed by atoms with van der Waals surface area (Å²) in [6, 6.07) is 11.8. The number of carbonyl (C=O) groups is 16. The smallest absolute Gasteiger partial charge is 0.303 e. The summed E-state index contributed by atoms with van der Waals surface area (Å²) in [7, 11) is 0. The van der Waals surface area contributed by atoms with Gasteiger partial charge in [0.2, 0.25) is 11.8 Å². The fraction of sp³-hybridized carbons (Fsp3) is 0.582. The van der Waals surface area contributed by atoms with E-state index in [1.54, 1.807) is 0 Å². The molecule has 0 unspecified atom stereocenters. The number of amides is 2. The standard InChI is InChI=1S/C67H82N2O36S2/c1-28(70)86-24-46-52(90-32(5)74)56(92-34(7)76)60(96-38(11)80)64(100-46)104-54-48(26-88-30(3)72)102-66(62(98-40(13)82)58(54)94-36(9)78)106-44-19-15-42(16-20-44)68-50(84)23-51(85)69-43-17-21-45(22-18-43)107-67-63(99-41(14)83)59(95-37(10)79)55(49(103-67)27-89-31(4)73)105-65-61(97-39(12)81)57(93-35(8)77)53(91-33(6)75)47(101-65)25-87-29(2)71/h15-22,46-49,52-67H,23-27H2,1-14H3,(H,68,84)(H,69,85)/t46-,47-,48-,49-,52-,53-,54-,55-,56+,57+,58+,59+,60-,61-,62-,63-,64-,65-,66+,67+/m1/s1. The number of ether oxygens (including phenoxy) is 20. The number of thioether (sulfide) groups is 2. The van der Waals surface area contributed by atoms with Crippen molar-refractivity contribution in [3.8, 4) is 0 Å². The second kappa shape index (κ2) is 40.4. The van der Waals surface area contributed by atoms with Crippen LogP contribution in [0.5, 0.6) is 0 Å². The van der Waals surface area contributed by atoms with E-state index in [1.165, 1.54) is 48.5 Å². The Morgan fingerprint density at radius 3 is 0.757 bits per heavy atom. The quantitative estimate of drug-likeness (QED) is 0.0642. The number of anilines is 2. The van der Waals surface area contributed by atoms with Gasteiger partial charge in [-0.1, -0.05) is 23.5 Å². The van der Waals surface area contributed by atoms with Crippen molar-refractivity contribution in [3.63, 3.8) is 0 Å². The molecule has 0 saturated carbocycles. The predicted octanol–water partition coefficient (Wildman–Crippen LogP) is 2.08. The lowest BCUT2D eigenvalue weighted by atomic mass is 9.96. The van der Waals surface area contributed by atoms with Gasteiger partial charge in [0.05, 0.1) is 0 Å². The van der Waals surface area contributed by atoms with Crippen LogP contribution in [0.25, 0.3) is 0 Å². The van der Waals surface area contributed by atoms with Gasteiger partial charge in [-0.2, -0.15) is 0 Å². The van der Waals surface area contributed by atoms with Crippen LogP contribution >= 0.6 is 23.5 Å². The molecule has 6 rings (SSSR count). The Kier molecular flexibility index (Phi) is 32.6. The van der Waals surface area contributed by atoms with Crippen LogP contribution in [-0.4, -0.2) is 243 Å². The summed E-state index contributed by atoms with van der Waals surface area (Å²) in [6.07, 6.45) is -30.8. The molecule has 0 bridgehead atoms. The molecule has 0 aliphatic carbocycles. The molecule has 4 aliphatic heterocycles. The minimum Gasteiger partial charge on any atom is -0.463 e. The lowest BCUT2D eigenvalue weighted by molar-refractivity contribution is -0.341. The highest BCUT2D eigenvalue weighted by Gasteiger charge is 2.60. The first kappa shape index (κ1) is 86.3. The lowest BCUT2D eigenvalue weighted by Crippen LogP contribution is -2.66. The minimum absolute atomic E-state index is 0.181. The van der Waals surface area contributed by atoms with Gasteiger partial charge in [0.1, 0.15) is 80.3 Å². The fourth-order valence-corrected chi connectivity index (χ4v) is 13.4. The molecule has 2 N–H and O–H groups in total. The predicted molar refractivity (Wildman–Crippen MR) is 353 cm³/mol. The molecule has 2 aromatic rings. The van der Waals surface area contributed by atoms with Crippen LogP contribution in [-0.2, 0) is 171 Å². The summed E-state index contributed by atoms with van der Waals surface area (Å²) in [6.45, 7) is 11.8. The monoisotopic (exact) mass is 1550 g/mol. The van der Waals surface area contributed by atoms with Crippen molar-refractivity contribution < 1.29 is 171 Å². The van der Waals surface area contributed by atoms with Crippen LogP contribution in [0.15, 0.2) is 58.3 Å². The number of benzene rings is 2. The maximum absolute atomic E-state index is 13.4. The Balaban J connectivity index is 1.19. The number of hydrogen-bond acceptors (Lipinski definition) is 38. The maximum atomic E-state index is 13.4. The largest absolute Gasteiger partial charge is 0.463 e. The molecule has 40 heteroatoms. The number of hydrogen-bond donors (Lipinski definition) is 2. The topological polar surface area (TPSA) is 482 Å². The van der Waals surface area contributed by atoms with Crippen LogP contribution in [0.1, 0.15) is 103 Å².